The van der Waals surface area contributed by atoms with Crippen LogP contribution in [-0.4, -0.2) is 48.7 Å². The first-order valence-corrected chi connectivity index (χ1v) is 9.15. The van der Waals surface area contributed by atoms with Crippen molar-refractivity contribution < 1.29 is 18.7 Å². The van der Waals surface area contributed by atoms with E-state index in [0.29, 0.717) is 24.5 Å². The van der Waals surface area contributed by atoms with Gasteiger partial charge in [-0.1, -0.05) is 18.4 Å². The van der Waals surface area contributed by atoms with E-state index in [1.165, 1.54) is 11.0 Å². The van der Waals surface area contributed by atoms with E-state index in [1.807, 2.05) is 11.0 Å². The summed E-state index contributed by atoms with van der Waals surface area (Å²) in [5.41, 5.74) is 7.01. The number of carbonyl (C=O) groups is 2. The summed E-state index contributed by atoms with van der Waals surface area (Å²) in [5, 5.41) is 8.72. The largest absolute Gasteiger partial charge is 0.442 e. The summed E-state index contributed by atoms with van der Waals surface area (Å²) >= 11 is 3.92. The number of nitrogens with zero attached hydrogens (tertiary/aromatic N) is 4. The molecule has 2 heterocycles. The molecule has 0 spiro atoms. The molecule has 0 radical (unpaired) electrons. The van der Waals surface area contributed by atoms with Crippen molar-refractivity contribution in [2.45, 2.75) is 18.9 Å². The fourth-order valence-electron chi connectivity index (χ4n) is 3.30. The van der Waals surface area contributed by atoms with Gasteiger partial charge in [0, 0.05) is 19.2 Å². The Hall–Kier alpha value is -2.93. The topological polar surface area (TPSA) is 103 Å². The number of primary amides is 1. The molecule has 3 amide bonds. The number of amides is 3. The maximum atomic E-state index is 14.7. The van der Waals surface area contributed by atoms with Crippen molar-refractivity contribution in [1.29, 1.82) is 5.26 Å². The lowest BCUT2D eigenvalue weighted by Crippen LogP contribution is -2.36. The number of cyclic esters (lactones) is 1. The molecule has 1 unspecified atom stereocenters. The Kier molecular flexibility index (Phi) is 5.94. The zero-order chi connectivity index (χ0) is 20.3. The number of halogens is 1. The highest BCUT2D eigenvalue weighted by molar-refractivity contribution is 7.78. The number of allylic oxidation sites excluding steroid dienone is 1. The third-order valence-electron chi connectivity index (χ3n) is 4.76. The number of piperidine rings is 1. The van der Waals surface area contributed by atoms with Crippen LogP contribution in [0, 0.1) is 17.1 Å². The zero-order valence-electron chi connectivity index (χ0n) is 15.0. The lowest BCUT2D eigenvalue weighted by Gasteiger charge is -2.30. The molecule has 1 aromatic carbocycles. The van der Waals surface area contributed by atoms with E-state index in [2.05, 4.69) is 12.8 Å². The van der Waals surface area contributed by atoms with Crippen molar-refractivity contribution in [2.24, 2.45) is 5.73 Å². The van der Waals surface area contributed by atoms with Crippen LogP contribution in [0.25, 0.3) is 0 Å². The Balaban J connectivity index is 1.67. The predicted octanol–water partition coefficient (Wildman–Crippen LogP) is 2.43. The second kappa shape index (κ2) is 8.39. The summed E-state index contributed by atoms with van der Waals surface area (Å²) in [7, 11) is 0. The molecule has 1 aromatic rings. The maximum Gasteiger partial charge on any atom is 0.414 e. The Morgan fingerprint density at radius 2 is 2.18 bits per heavy atom. The Labute approximate surface area is 167 Å². The van der Waals surface area contributed by atoms with Gasteiger partial charge in [0.25, 0.3) is 0 Å². The fraction of sp³-hybridized carbons (Fsp3) is 0.389. The normalized spacial score (nSPS) is 19.2. The molecular formula is C18H20FN5O3S. The molecule has 2 saturated heterocycles. The Morgan fingerprint density at radius 3 is 2.79 bits per heavy atom. The Bertz CT molecular complexity index is 846. The van der Waals surface area contributed by atoms with Crippen LogP contribution in [0.4, 0.5) is 25.4 Å². The number of benzene rings is 1. The van der Waals surface area contributed by atoms with E-state index in [0.717, 1.165) is 22.7 Å². The van der Waals surface area contributed by atoms with Crippen molar-refractivity contribution in [3.05, 3.63) is 35.7 Å². The van der Waals surface area contributed by atoms with Crippen molar-refractivity contribution in [3.8, 4) is 6.07 Å². The quantitative estimate of drug-likeness (QED) is 0.592. The van der Waals surface area contributed by atoms with E-state index < -0.39 is 24.0 Å². The van der Waals surface area contributed by atoms with Gasteiger partial charge in [-0.3, -0.25) is 9.21 Å². The standard InChI is InChI=1S/C18H20FN5O3S/c19-15-9-13(23-10-14(27-18(23)26)11-24(28)17(21)25)1-2-16(15)22-7-4-12(3-6-20)5-8-22/h1-3,9,14,28H,4-5,7-8,10-11H2,(H2,21,25). The number of thiol groups is 1. The average Bonchev–Trinajstić information content (AvgIpc) is 3.03. The molecule has 2 aliphatic rings. The van der Waals surface area contributed by atoms with Crippen LogP contribution < -0.4 is 15.5 Å². The number of rotatable bonds is 4. The number of hydrogen-bond acceptors (Lipinski definition) is 6. The fourth-order valence-corrected chi connectivity index (χ4v) is 3.48. The third kappa shape index (κ3) is 4.31. The van der Waals surface area contributed by atoms with E-state index in [4.69, 9.17) is 15.7 Å². The first kappa shape index (κ1) is 19.8. The highest BCUT2D eigenvalue weighted by Gasteiger charge is 2.34. The predicted molar refractivity (Wildman–Crippen MR) is 104 cm³/mol. The highest BCUT2D eigenvalue weighted by Crippen LogP contribution is 2.30. The van der Waals surface area contributed by atoms with Crippen LogP contribution in [0.1, 0.15) is 12.8 Å². The monoisotopic (exact) mass is 405 g/mol. The van der Waals surface area contributed by atoms with Crippen LogP contribution >= 0.6 is 12.8 Å². The SMILES string of the molecule is N#CC=C1CCN(c2ccc(N3CC(CN(S)C(N)=O)OC3=O)cc2F)CC1. The Morgan fingerprint density at radius 1 is 1.46 bits per heavy atom. The lowest BCUT2D eigenvalue weighted by molar-refractivity contribution is 0.132. The molecule has 148 valence electrons. The molecule has 2 N–H and O–H groups in total. The first-order chi connectivity index (χ1) is 13.4. The minimum absolute atomic E-state index is 0.0353. The molecule has 0 aliphatic carbocycles. The van der Waals surface area contributed by atoms with Gasteiger partial charge < -0.3 is 15.4 Å². The highest BCUT2D eigenvalue weighted by atomic mass is 32.1. The van der Waals surface area contributed by atoms with E-state index in [1.54, 1.807) is 18.2 Å². The number of ether oxygens (including phenoxy) is 1. The van der Waals surface area contributed by atoms with Gasteiger partial charge in [0.1, 0.15) is 11.9 Å². The molecule has 0 aromatic heterocycles. The van der Waals surface area contributed by atoms with Crippen LogP contribution in [-0.2, 0) is 4.74 Å². The van der Waals surface area contributed by atoms with Crippen LogP contribution in [0.5, 0.6) is 0 Å². The molecule has 28 heavy (non-hydrogen) atoms. The van der Waals surface area contributed by atoms with Gasteiger partial charge >= 0.3 is 12.1 Å². The second-order valence-electron chi connectivity index (χ2n) is 6.59. The summed E-state index contributed by atoms with van der Waals surface area (Å²) in [6, 6.07) is 5.88. The van der Waals surface area contributed by atoms with Crippen molar-refractivity contribution in [3.63, 3.8) is 0 Å². The van der Waals surface area contributed by atoms with Gasteiger partial charge in [-0.05, 0) is 31.0 Å². The molecule has 2 aliphatic heterocycles. The number of carbonyl (C=O) groups excluding carboxylic acids is 2. The summed E-state index contributed by atoms with van der Waals surface area (Å²) in [6.45, 7) is 1.45. The molecule has 8 nitrogen and oxygen atoms in total. The molecule has 2 fully saturated rings. The van der Waals surface area contributed by atoms with Crippen LogP contribution in [0.15, 0.2) is 29.8 Å². The number of anilines is 2. The molecule has 10 heteroatoms. The van der Waals surface area contributed by atoms with E-state index in [9.17, 15) is 14.0 Å². The maximum absolute atomic E-state index is 14.7. The molecule has 0 saturated carbocycles. The lowest BCUT2D eigenvalue weighted by atomic mass is 10.0. The van der Waals surface area contributed by atoms with Crippen molar-refractivity contribution in [1.82, 2.24) is 4.31 Å². The summed E-state index contributed by atoms with van der Waals surface area (Å²) < 4.78 is 20.9. The van der Waals surface area contributed by atoms with E-state index in [-0.39, 0.29) is 13.1 Å². The molecule has 0 bridgehead atoms. The van der Waals surface area contributed by atoms with Gasteiger partial charge in [0.2, 0.25) is 0 Å². The third-order valence-corrected chi connectivity index (χ3v) is 5.12. The van der Waals surface area contributed by atoms with Crippen LogP contribution in [0.2, 0.25) is 0 Å². The smallest absolute Gasteiger partial charge is 0.414 e. The second-order valence-corrected chi connectivity index (χ2v) is 7.07. The zero-order valence-corrected chi connectivity index (χ0v) is 15.9. The van der Waals surface area contributed by atoms with Gasteiger partial charge in [-0.25, -0.2) is 14.0 Å². The van der Waals surface area contributed by atoms with Crippen LogP contribution in [0.3, 0.4) is 0 Å². The minimum atomic E-state index is -0.748. The molecule has 1 atom stereocenters. The van der Waals surface area contributed by atoms with Gasteiger partial charge in [-0.2, -0.15) is 5.26 Å². The summed E-state index contributed by atoms with van der Waals surface area (Å²) in [4.78, 5) is 26.4. The van der Waals surface area contributed by atoms with Gasteiger partial charge in [-0.15, -0.1) is 0 Å². The van der Waals surface area contributed by atoms with Gasteiger partial charge in [0.15, 0.2) is 0 Å². The number of nitrogens with two attached hydrogens (primary N) is 1. The van der Waals surface area contributed by atoms with Crippen molar-refractivity contribution >= 4 is 36.3 Å². The number of urea groups is 1. The minimum Gasteiger partial charge on any atom is -0.442 e. The van der Waals surface area contributed by atoms with Gasteiger partial charge in [0.05, 0.1) is 30.5 Å². The number of nitriles is 1. The summed E-state index contributed by atoms with van der Waals surface area (Å²) in [6.07, 6.45) is 1.76. The molecular weight excluding hydrogens is 385 g/mol. The summed E-state index contributed by atoms with van der Waals surface area (Å²) in [5.74, 6) is -0.436. The number of hydrogen-bond donors (Lipinski definition) is 2. The van der Waals surface area contributed by atoms with E-state index >= 15 is 0 Å². The molecule has 3 rings (SSSR count). The average molecular weight is 405 g/mol. The first-order valence-electron chi connectivity index (χ1n) is 8.75. The van der Waals surface area contributed by atoms with Crippen molar-refractivity contribution in [2.75, 3.05) is 36.0 Å².